The second kappa shape index (κ2) is 18.8. The van der Waals surface area contributed by atoms with E-state index in [1.807, 2.05) is 60.7 Å². The van der Waals surface area contributed by atoms with Gasteiger partial charge in [-0.1, -0.05) is 60.7 Å². The van der Waals surface area contributed by atoms with Crippen molar-refractivity contribution in [1.29, 1.82) is 0 Å². The zero-order valence-corrected chi connectivity index (χ0v) is 29.7. The summed E-state index contributed by atoms with van der Waals surface area (Å²) in [7, 11) is 0. The summed E-state index contributed by atoms with van der Waals surface area (Å²) in [4.78, 5) is 25.5. The average Bonchev–Trinajstić information content (AvgIpc) is 3.90. The summed E-state index contributed by atoms with van der Waals surface area (Å²) < 4.78 is 23.2. The molecule has 2 N–H and O–H groups in total. The Morgan fingerprint density at radius 2 is 1.11 bits per heavy atom. The number of tetrazole rings is 2. The fraction of sp³-hybridized carbons (Fsp3) is 0.263. The van der Waals surface area contributed by atoms with Gasteiger partial charge in [0.2, 0.25) is 0 Å². The van der Waals surface area contributed by atoms with Crippen LogP contribution in [-0.2, 0) is 35.8 Å². The van der Waals surface area contributed by atoms with Crippen molar-refractivity contribution in [3.63, 3.8) is 0 Å². The molecule has 6 aromatic rings. The van der Waals surface area contributed by atoms with E-state index in [1.54, 1.807) is 62.4 Å². The number of carbonyl (C=O) groups is 2. The van der Waals surface area contributed by atoms with Crippen molar-refractivity contribution in [3.8, 4) is 11.5 Å². The molecule has 0 saturated heterocycles. The Hall–Kier alpha value is -6.52. The summed E-state index contributed by atoms with van der Waals surface area (Å²) in [5, 5.41) is 42.6. The fourth-order valence-electron chi connectivity index (χ4n) is 4.72. The van der Waals surface area contributed by atoms with Crippen LogP contribution in [0.1, 0.15) is 45.7 Å². The van der Waals surface area contributed by atoms with Crippen LogP contribution in [0.15, 0.2) is 122 Å². The van der Waals surface area contributed by atoms with Gasteiger partial charge in [0.25, 0.3) is 0 Å². The molecule has 280 valence electrons. The molecule has 54 heavy (non-hydrogen) atoms. The monoisotopic (exact) mass is 736 g/mol. The van der Waals surface area contributed by atoms with E-state index >= 15 is 0 Å². The zero-order chi connectivity index (χ0) is 38.2. The molecular weight excluding hydrogens is 696 g/mol. The Labute approximate surface area is 310 Å². The SMILES string of the molecule is CC(O)(COc1ccc(C(=O)OCc2ccccc2)cc1)Cn1cnnn1.CC(O)(COc1ccc(C(=O)OCc2ccccc2)cc1)Cn1ncnn1. The number of nitrogens with zero attached hydrogens (tertiary/aromatic N) is 8. The molecule has 0 aliphatic heterocycles. The molecular formula is C38H40N8O8. The number of hydrogen-bond donors (Lipinski definition) is 2. The topological polar surface area (TPSA) is 199 Å². The van der Waals surface area contributed by atoms with Crippen molar-refractivity contribution < 1.29 is 38.7 Å². The highest BCUT2D eigenvalue weighted by atomic mass is 16.5. The molecule has 0 amide bonds. The van der Waals surface area contributed by atoms with Crippen molar-refractivity contribution in [1.82, 2.24) is 40.4 Å². The number of hydrogen-bond acceptors (Lipinski definition) is 14. The molecule has 0 aliphatic carbocycles. The Kier molecular flexibility index (Phi) is 13.5. The first-order valence-electron chi connectivity index (χ1n) is 16.8. The molecule has 0 radical (unpaired) electrons. The van der Waals surface area contributed by atoms with Crippen LogP contribution in [0.3, 0.4) is 0 Å². The van der Waals surface area contributed by atoms with Gasteiger partial charge >= 0.3 is 11.9 Å². The van der Waals surface area contributed by atoms with Crippen LogP contribution in [0.2, 0.25) is 0 Å². The van der Waals surface area contributed by atoms with E-state index in [0.717, 1.165) is 11.1 Å². The third-order valence-corrected chi connectivity index (χ3v) is 7.47. The molecule has 2 aromatic heterocycles. The van der Waals surface area contributed by atoms with Gasteiger partial charge in [-0.25, -0.2) is 14.3 Å². The average molecular weight is 737 g/mol. The molecule has 0 spiro atoms. The Morgan fingerprint density at radius 3 is 1.54 bits per heavy atom. The fourth-order valence-corrected chi connectivity index (χ4v) is 4.72. The maximum absolute atomic E-state index is 12.1. The third-order valence-electron chi connectivity index (χ3n) is 7.47. The zero-order valence-electron chi connectivity index (χ0n) is 29.7. The van der Waals surface area contributed by atoms with E-state index in [-0.39, 0.29) is 39.5 Å². The smallest absolute Gasteiger partial charge is 0.338 e. The Morgan fingerprint density at radius 1 is 0.630 bits per heavy atom. The first-order chi connectivity index (χ1) is 26.0. The van der Waals surface area contributed by atoms with E-state index in [0.29, 0.717) is 22.6 Å². The van der Waals surface area contributed by atoms with Crippen LogP contribution in [0.4, 0.5) is 0 Å². The standard InChI is InChI=1S/2C19H20N4O4/c1-19(25,12-23-14-20-21-22-23)13-27-17-9-7-16(8-10-17)18(24)26-11-15-5-3-2-4-6-15;1-19(25,12-23-21-14-20-22-23)13-27-17-9-7-16(8-10-17)18(24)26-11-15-5-3-2-4-6-15/h2*2-10,14,25H,11-13H2,1H3. The molecule has 6 rings (SSSR count). The molecule has 2 heterocycles. The van der Waals surface area contributed by atoms with Gasteiger partial charge in [0.05, 0.1) is 24.2 Å². The molecule has 16 nitrogen and oxygen atoms in total. The molecule has 0 aliphatic rings. The van der Waals surface area contributed by atoms with Crippen LogP contribution in [0.25, 0.3) is 0 Å². The quantitative estimate of drug-likeness (QED) is 0.136. The lowest BCUT2D eigenvalue weighted by Crippen LogP contribution is -2.38. The summed E-state index contributed by atoms with van der Waals surface area (Å²) in [5.74, 6) is 0.249. The first kappa shape index (κ1) is 38.7. The molecule has 4 aromatic carbocycles. The summed E-state index contributed by atoms with van der Waals surface area (Å²) in [5.41, 5.74) is 0.387. The van der Waals surface area contributed by atoms with Crippen molar-refractivity contribution in [3.05, 3.63) is 144 Å². The normalized spacial score (nSPS) is 13.0. The van der Waals surface area contributed by atoms with E-state index in [2.05, 4.69) is 30.9 Å². The summed E-state index contributed by atoms with van der Waals surface area (Å²) in [6, 6.07) is 32.1. The van der Waals surface area contributed by atoms with Gasteiger partial charge in [-0.05, 0) is 89.1 Å². The molecule has 0 bridgehead atoms. The van der Waals surface area contributed by atoms with Crippen LogP contribution in [-0.4, -0.2) is 87.0 Å². The number of aliphatic hydroxyl groups is 2. The second-order valence-electron chi connectivity index (χ2n) is 12.7. The van der Waals surface area contributed by atoms with E-state index < -0.39 is 23.1 Å². The van der Waals surface area contributed by atoms with Gasteiger partial charge in [-0.3, -0.25) is 0 Å². The third kappa shape index (κ3) is 12.9. The number of ether oxygens (including phenoxy) is 4. The number of esters is 2. The van der Waals surface area contributed by atoms with E-state index in [4.69, 9.17) is 18.9 Å². The van der Waals surface area contributed by atoms with Gasteiger partial charge < -0.3 is 29.2 Å². The minimum Gasteiger partial charge on any atom is -0.491 e. The lowest BCUT2D eigenvalue weighted by molar-refractivity contribution is -0.00913. The first-order valence-corrected chi connectivity index (χ1v) is 16.8. The van der Waals surface area contributed by atoms with Gasteiger partial charge in [0.1, 0.15) is 55.5 Å². The second-order valence-corrected chi connectivity index (χ2v) is 12.7. The summed E-state index contributed by atoms with van der Waals surface area (Å²) in [6.45, 7) is 4.11. The molecule has 0 fully saturated rings. The van der Waals surface area contributed by atoms with Crippen LogP contribution in [0, 0.1) is 0 Å². The minimum atomic E-state index is -1.17. The number of rotatable bonds is 16. The maximum Gasteiger partial charge on any atom is 0.338 e. The van der Waals surface area contributed by atoms with Crippen molar-refractivity contribution in [2.24, 2.45) is 0 Å². The van der Waals surface area contributed by atoms with Crippen molar-refractivity contribution in [2.45, 2.75) is 51.4 Å². The highest BCUT2D eigenvalue weighted by molar-refractivity contribution is 5.90. The maximum atomic E-state index is 12.1. The Bertz CT molecular complexity index is 1850. The summed E-state index contributed by atoms with van der Waals surface area (Å²) >= 11 is 0. The predicted molar refractivity (Wildman–Crippen MR) is 192 cm³/mol. The lowest BCUT2D eigenvalue weighted by atomic mass is 10.1. The summed E-state index contributed by atoms with van der Waals surface area (Å²) in [6.07, 6.45) is 2.72. The van der Waals surface area contributed by atoms with Gasteiger partial charge in [-0.2, -0.15) is 4.80 Å². The molecule has 2 unspecified atom stereocenters. The van der Waals surface area contributed by atoms with Gasteiger partial charge in [0, 0.05) is 0 Å². The highest BCUT2D eigenvalue weighted by Crippen LogP contribution is 2.18. The lowest BCUT2D eigenvalue weighted by Gasteiger charge is -2.22. The van der Waals surface area contributed by atoms with Gasteiger partial charge in [0.15, 0.2) is 6.33 Å². The van der Waals surface area contributed by atoms with Crippen LogP contribution >= 0.6 is 0 Å². The van der Waals surface area contributed by atoms with Crippen molar-refractivity contribution >= 4 is 11.9 Å². The molecule has 0 saturated carbocycles. The molecule has 16 heteroatoms. The highest BCUT2D eigenvalue weighted by Gasteiger charge is 2.24. The van der Waals surface area contributed by atoms with E-state index in [1.165, 1.54) is 22.1 Å². The number of aromatic nitrogens is 8. The molecule has 2 atom stereocenters. The number of benzene rings is 4. The number of carbonyl (C=O) groups excluding carboxylic acids is 2. The Balaban J connectivity index is 0.000000208. The predicted octanol–water partition coefficient (Wildman–Crippen LogP) is 3.72. The van der Waals surface area contributed by atoms with Gasteiger partial charge in [-0.15, -0.1) is 15.3 Å². The van der Waals surface area contributed by atoms with Crippen LogP contribution in [0.5, 0.6) is 11.5 Å². The minimum absolute atomic E-state index is 0.0341. The largest absolute Gasteiger partial charge is 0.491 e. The van der Waals surface area contributed by atoms with E-state index in [9.17, 15) is 19.8 Å². The van der Waals surface area contributed by atoms with Crippen molar-refractivity contribution in [2.75, 3.05) is 13.2 Å². The van der Waals surface area contributed by atoms with Crippen LogP contribution < -0.4 is 9.47 Å².